The molecule has 0 saturated carbocycles. The standard InChI is InChI=1S/C16H27NO/c1-4-5-6-7-12-16(2,17)13-14-8-10-15(18-3)11-9-14/h8-11H,4-7,12-13,17H2,1-3H3. The van der Waals surface area contributed by atoms with Crippen LogP contribution in [0, 0.1) is 0 Å². The van der Waals surface area contributed by atoms with Gasteiger partial charge in [0.05, 0.1) is 7.11 Å². The molecule has 2 N–H and O–H groups in total. The highest BCUT2D eigenvalue weighted by Crippen LogP contribution is 2.20. The Morgan fingerprint density at radius 1 is 1.11 bits per heavy atom. The van der Waals surface area contributed by atoms with Gasteiger partial charge in [-0.15, -0.1) is 0 Å². The summed E-state index contributed by atoms with van der Waals surface area (Å²) >= 11 is 0. The number of hydrogen-bond donors (Lipinski definition) is 1. The minimum Gasteiger partial charge on any atom is -0.497 e. The Morgan fingerprint density at radius 3 is 2.33 bits per heavy atom. The lowest BCUT2D eigenvalue weighted by atomic mass is 9.88. The predicted octanol–water partition coefficient (Wildman–Crippen LogP) is 3.93. The normalized spacial score (nSPS) is 14.2. The third-order valence-corrected chi connectivity index (χ3v) is 3.37. The molecule has 1 aromatic carbocycles. The second-order valence-corrected chi connectivity index (χ2v) is 5.49. The van der Waals surface area contributed by atoms with E-state index in [1.165, 1.54) is 31.2 Å². The van der Waals surface area contributed by atoms with E-state index in [1.807, 2.05) is 12.1 Å². The van der Waals surface area contributed by atoms with Crippen molar-refractivity contribution < 1.29 is 4.74 Å². The van der Waals surface area contributed by atoms with E-state index >= 15 is 0 Å². The first-order valence-electron chi connectivity index (χ1n) is 6.99. The van der Waals surface area contributed by atoms with Crippen molar-refractivity contribution in [3.63, 3.8) is 0 Å². The van der Waals surface area contributed by atoms with Gasteiger partial charge in [-0.2, -0.15) is 0 Å². The monoisotopic (exact) mass is 249 g/mol. The quantitative estimate of drug-likeness (QED) is 0.709. The molecular formula is C16H27NO. The number of hydrogen-bond acceptors (Lipinski definition) is 2. The lowest BCUT2D eigenvalue weighted by Crippen LogP contribution is -2.38. The van der Waals surface area contributed by atoms with Crippen LogP contribution in [0.25, 0.3) is 0 Å². The van der Waals surface area contributed by atoms with Crippen molar-refractivity contribution in [3.05, 3.63) is 29.8 Å². The first-order chi connectivity index (χ1) is 8.57. The first-order valence-corrected chi connectivity index (χ1v) is 6.99. The topological polar surface area (TPSA) is 35.2 Å². The van der Waals surface area contributed by atoms with E-state index < -0.39 is 0 Å². The Labute approximate surface area is 112 Å². The summed E-state index contributed by atoms with van der Waals surface area (Å²) in [5.74, 6) is 0.903. The van der Waals surface area contributed by atoms with E-state index in [0.29, 0.717) is 0 Å². The second kappa shape index (κ2) is 7.42. The number of methoxy groups -OCH3 is 1. The van der Waals surface area contributed by atoms with Crippen molar-refractivity contribution in [1.29, 1.82) is 0 Å². The van der Waals surface area contributed by atoms with Crippen LogP contribution in [0.3, 0.4) is 0 Å². The Bertz CT molecular complexity index is 329. The van der Waals surface area contributed by atoms with E-state index in [0.717, 1.165) is 18.6 Å². The number of ether oxygens (including phenoxy) is 1. The van der Waals surface area contributed by atoms with Crippen LogP contribution in [-0.2, 0) is 6.42 Å². The van der Waals surface area contributed by atoms with Crippen LogP contribution in [0.15, 0.2) is 24.3 Å². The van der Waals surface area contributed by atoms with Gasteiger partial charge in [-0.3, -0.25) is 0 Å². The Hall–Kier alpha value is -1.02. The molecule has 1 rings (SSSR count). The van der Waals surface area contributed by atoms with E-state index in [1.54, 1.807) is 7.11 Å². The summed E-state index contributed by atoms with van der Waals surface area (Å²) in [5.41, 5.74) is 7.56. The molecule has 0 heterocycles. The summed E-state index contributed by atoms with van der Waals surface area (Å²) < 4.78 is 5.16. The second-order valence-electron chi connectivity index (χ2n) is 5.49. The molecule has 1 atom stereocenters. The summed E-state index contributed by atoms with van der Waals surface area (Å²) in [6, 6.07) is 8.22. The zero-order chi connectivity index (χ0) is 13.4. The van der Waals surface area contributed by atoms with Crippen LogP contribution in [0.2, 0.25) is 0 Å². The van der Waals surface area contributed by atoms with Crippen LogP contribution in [0.1, 0.15) is 51.5 Å². The van der Waals surface area contributed by atoms with Crippen LogP contribution in [0.5, 0.6) is 5.75 Å². The molecule has 0 aliphatic heterocycles. The summed E-state index contributed by atoms with van der Waals surface area (Å²) in [6.07, 6.45) is 7.16. The molecule has 18 heavy (non-hydrogen) atoms. The molecule has 0 aromatic heterocycles. The van der Waals surface area contributed by atoms with Crippen molar-refractivity contribution in [2.75, 3.05) is 7.11 Å². The molecule has 1 aromatic rings. The van der Waals surface area contributed by atoms with Crippen molar-refractivity contribution in [2.24, 2.45) is 5.73 Å². The highest BCUT2D eigenvalue weighted by Gasteiger charge is 2.18. The Kier molecular flexibility index (Phi) is 6.20. The molecule has 0 aliphatic carbocycles. The summed E-state index contributed by atoms with van der Waals surface area (Å²) in [6.45, 7) is 4.39. The Morgan fingerprint density at radius 2 is 1.78 bits per heavy atom. The highest BCUT2D eigenvalue weighted by molar-refractivity contribution is 5.28. The number of rotatable bonds is 8. The maximum Gasteiger partial charge on any atom is 0.118 e. The van der Waals surface area contributed by atoms with Crippen LogP contribution < -0.4 is 10.5 Å². The van der Waals surface area contributed by atoms with Gasteiger partial charge in [0, 0.05) is 5.54 Å². The van der Waals surface area contributed by atoms with E-state index in [-0.39, 0.29) is 5.54 Å². The molecule has 0 radical (unpaired) electrons. The number of benzene rings is 1. The van der Waals surface area contributed by atoms with Crippen molar-refractivity contribution >= 4 is 0 Å². The van der Waals surface area contributed by atoms with Crippen LogP contribution in [0.4, 0.5) is 0 Å². The molecule has 2 nitrogen and oxygen atoms in total. The Balaban J connectivity index is 2.42. The largest absolute Gasteiger partial charge is 0.497 e. The molecule has 102 valence electrons. The van der Waals surface area contributed by atoms with Crippen molar-refractivity contribution in [3.8, 4) is 5.75 Å². The zero-order valence-electron chi connectivity index (χ0n) is 12.0. The smallest absolute Gasteiger partial charge is 0.118 e. The molecule has 0 saturated heterocycles. The number of nitrogens with two attached hydrogens (primary N) is 1. The zero-order valence-corrected chi connectivity index (χ0v) is 12.0. The molecule has 0 aliphatic rings. The minimum atomic E-state index is -0.0949. The van der Waals surface area contributed by atoms with Gasteiger partial charge in [0.25, 0.3) is 0 Å². The average Bonchev–Trinajstić information content (AvgIpc) is 2.35. The van der Waals surface area contributed by atoms with Gasteiger partial charge in [0.2, 0.25) is 0 Å². The van der Waals surface area contributed by atoms with Gasteiger partial charge in [-0.1, -0.05) is 44.7 Å². The van der Waals surface area contributed by atoms with Crippen LogP contribution >= 0.6 is 0 Å². The molecule has 0 fully saturated rings. The molecule has 2 heteroatoms. The molecule has 0 spiro atoms. The van der Waals surface area contributed by atoms with E-state index in [4.69, 9.17) is 10.5 Å². The molecule has 0 bridgehead atoms. The SMILES string of the molecule is CCCCCCC(C)(N)Cc1ccc(OC)cc1. The van der Waals surface area contributed by atoms with Crippen molar-refractivity contribution in [2.45, 2.75) is 57.9 Å². The summed E-state index contributed by atoms with van der Waals surface area (Å²) in [7, 11) is 1.69. The van der Waals surface area contributed by atoms with E-state index in [2.05, 4.69) is 26.0 Å². The van der Waals surface area contributed by atoms with Gasteiger partial charge < -0.3 is 10.5 Å². The molecular weight excluding hydrogens is 222 g/mol. The van der Waals surface area contributed by atoms with E-state index in [9.17, 15) is 0 Å². The fourth-order valence-electron chi connectivity index (χ4n) is 2.25. The average molecular weight is 249 g/mol. The summed E-state index contributed by atoms with van der Waals surface area (Å²) in [4.78, 5) is 0. The molecule has 1 unspecified atom stereocenters. The molecule has 0 amide bonds. The third kappa shape index (κ3) is 5.54. The first kappa shape index (κ1) is 15.0. The fourth-order valence-corrected chi connectivity index (χ4v) is 2.25. The third-order valence-electron chi connectivity index (χ3n) is 3.37. The highest BCUT2D eigenvalue weighted by atomic mass is 16.5. The van der Waals surface area contributed by atoms with Gasteiger partial charge >= 0.3 is 0 Å². The predicted molar refractivity (Wildman–Crippen MR) is 78.0 cm³/mol. The lowest BCUT2D eigenvalue weighted by molar-refractivity contribution is 0.403. The summed E-state index contributed by atoms with van der Waals surface area (Å²) in [5, 5.41) is 0. The van der Waals surface area contributed by atoms with Gasteiger partial charge in [0.1, 0.15) is 5.75 Å². The fraction of sp³-hybridized carbons (Fsp3) is 0.625. The maximum absolute atomic E-state index is 6.37. The van der Waals surface area contributed by atoms with Crippen molar-refractivity contribution in [1.82, 2.24) is 0 Å². The van der Waals surface area contributed by atoms with Crippen LogP contribution in [-0.4, -0.2) is 12.6 Å². The van der Waals surface area contributed by atoms with Gasteiger partial charge in [-0.25, -0.2) is 0 Å². The lowest BCUT2D eigenvalue weighted by Gasteiger charge is -2.25. The van der Waals surface area contributed by atoms with Gasteiger partial charge in [-0.05, 0) is 37.5 Å². The van der Waals surface area contributed by atoms with Gasteiger partial charge in [0.15, 0.2) is 0 Å². The number of unbranched alkanes of at least 4 members (excludes halogenated alkanes) is 3. The minimum absolute atomic E-state index is 0.0949. The maximum atomic E-state index is 6.37.